The minimum Gasteiger partial charge on any atom is -0.478 e. The zero-order chi connectivity index (χ0) is 15.9. The third-order valence-electron chi connectivity index (χ3n) is 3.69. The highest BCUT2D eigenvalue weighted by Crippen LogP contribution is 2.28. The first kappa shape index (κ1) is 14.7. The number of aromatic nitrogens is 1. The van der Waals surface area contributed by atoms with Gasteiger partial charge in [0.1, 0.15) is 0 Å². The first-order valence-electron chi connectivity index (χ1n) is 6.91. The summed E-state index contributed by atoms with van der Waals surface area (Å²) in [6, 6.07) is 6.81. The summed E-state index contributed by atoms with van der Waals surface area (Å²) in [5.41, 5.74) is 0.816. The van der Waals surface area contributed by atoms with Gasteiger partial charge in [0.05, 0.1) is 16.5 Å². The smallest absolute Gasteiger partial charge is 0.335 e. The number of carboxylic acid groups (broad SMARTS) is 1. The van der Waals surface area contributed by atoms with Crippen molar-refractivity contribution >= 4 is 38.3 Å². The molecule has 0 atom stereocenters. The van der Waals surface area contributed by atoms with Crippen LogP contribution in [0.4, 0.5) is 0 Å². The third-order valence-corrected chi connectivity index (χ3v) is 4.64. The Labute approximate surface area is 131 Å². The van der Waals surface area contributed by atoms with Gasteiger partial charge in [-0.1, -0.05) is 6.07 Å². The van der Waals surface area contributed by atoms with Gasteiger partial charge < -0.3 is 14.6 Å². The van der Waals surface area contributed by atoms with Crippen molar-refractivity contribution in [2.75, 3.05) is 20.6 Å². The Hall–Kier alpha value is -2.18. The fourth-order valence-corrected chi connectivity index (χ4v) is 3.47. The molecule has 2 aromatic heterocycles. The minimum atomic E-state index is -0.986. The van der Waals surface area contributed by atoms with E-state index < -0.39 is 5.97 Å². The van der Waals surface area contributed by atoms with Crippen molar-refractivity contribution in [2.45, 2.75) is 6.54 Å². The molecular formula is C16H16N2O3S. The van der Waals surface area contributed by atoms with Gasteiger partial charge in [0.25, 0.3) is 5.56 Å². The fraction of sp³-hybridized carbons (Fsp3) is 0.250. The van der Waals surface area contributed by atoms with Crippen LogP contribution in [0.15, 0.2) is 34.4 Å². The average Bonchev–Trinajstić information content (AvgIpc) is 2.96. The van der Waals surface area contributed by atoms with E-state index in [0.29, 0.717) is 24.0 Å². The zero-order valence-electron chi connectivity index (χ0n) is 12.4. The average molecular weight is 316 g/mol. The predicted molar refractivity (Wildman–Crippen MR) is 89.1 cm³/mol. The molecule has 5 nitrogen and oxygen atoms in total. The summed E-state index contributed by atoms with van der Waals surface area (Å²) >= 11 is 1.51. The van der Waals surface area contributed by atoms with Gasteiger partial charge in [0.2, 0.25) is 0 Å². The van der Waals surface area contributed by atoms with Crippen LogP contribution in [0.1, 0.15) is 10.4 Å². The maximum absolute atomic E-state index is 12.7. The first-order chi connectivity index (χ1) is 10.5. The Morgan fingerprint density at radius 2 is 2.05 bits per heavy atom. The maximum atomic E-state index is 12.7. The molecule has 1 N–H and O–H groups in total. The molecule has 0 bridgehead atoms. The van der Waals surface area contributed by atoms with Crippen LogP contribution >= 0.6 is 11.3 Å². The summed E-state index contributed by atoms with van der Waals surface area (Å²) < 4.78 is 2.59. The lowest BCUT2D eigenvalue weighted by molar-refractivity contribution is 0.0697. The number of pyridine rings is 1. The van der Waals surface area contributed by atoms with Crippen molar-refractivity contribution in [3.63, 3.8) is 0 Å². The number of thiophene rings is 1. The molecule has 0 saturated heterocycles. The first-order valence-corrected chi connectivity index (χ1v) is 7.79. The zero-order valence-corrected chi connectivity index (χ0v) is 13.2. The normalized spacial score (nSPS) is 11.6. The SMILES string of the molecule is CN(C)CCn1c(=O)c2ccsc2c2ccc(C(=O)O)cc21. The third kappa shape index (κ3) is 2.40. The van der Waals surface area contributed by atoms with Gasteiger partial charge in [-0.05, 0) is 37.7 Å². The number of rotatable bonds is 4. The van der Waals surface area contributed by atoms with E-state index in [2.05, 4.69) is 0 Å². The summed E-state index contributed by atoms with van der Waals surface area (Å²) in [7, 11) is 3.89. The van der Waals surface area contributed by atoms with E-state index in [1.165, 1.54) is 11.3 Å². The maximum Gasteiger partial charge on any atom is 0.335 e. The highest BCUT2D eigenvalue weighted by atomic mass is 32.1. The lowest BCUT2D eigenvalue weighted by atomic mass is 10.1. The molecule has 0 fully saturated rings. The quantitative estimate of drug-likeness (QED) is 0.803. The molecule has 0 aliphatic rings. The summed E-state index contributed by atoms with van der Waals surface area (Å²) in [6.07, 6.45) is 0. The molecule has 0 saturated carbocycles. The second-order valence-corrected chi connectivity index (χ2v) is 6.38. The molecule has 0 amide bonds. The minimum absolute atomic E-state index is 0.0619. The van der Waals surface area contributed by atoms with Crippen LogP contribution in [0.3, 0.4) is 0 Å². The number of likely N-dealkylation sites (N-methyl/N-ethyl adjacent to an activating group) is 1. The van der Waals surface area contributed by atoms with E-state index in [1.54, 1.807) is 22.8 Å². The van der Waals surface area contributed by atoms with Crippen LogP contribution in [-0.2, 0) is 6.54 Å². The van der Waals surface area contributed by atoms with E-state index in [0.717, 1.165) is 10.1 Å². The molecule has 0 aliphatic carbocycles. The van der Waals surface area contributed by atoms with Crippen LogP contribution in [0.2, 0.25) is 0 Å². The number of benzene rings is 1. The van der Waals surface area contributed by atoms with Gasteiger partial charge >= 0.3 is 5.97 Å². The molecule has 114 valence electrons. The van der Waals surface area contributed by atoms with Crippen LogP contribution in [0.25, 0.3) is 21.0 Å². The second kappa shape index (κ2) is 5.55. The topological polar surface area (TPSA) is 62.5 Å². The summed E-state index contributed by atoms with van der Waals surface area (Å²) in [5.74, 6) is -0.986. The fourth-order valence-electron chi connectivity index (χ4n) is 2.54. The van der Waals surface area contributed by atoms with Gasteiger partial charge in [0, 0.05) is 23.2 Å². The van der Waals surface area contributed by atoms with E-state index >= 15 is 0 Å². The Kier molecular flexibility index (Phi) is 3.72. The Morgan fingerprint density at radius 3 is 2.73 bits per heavy atom. The molecule has 0 aliphatic heterocycles. The molecule has 2 heterocycles. The van der Waals surface area contributed by atoms with Crippen molar-refractivity contribution in [3.05, 3.63) is 45.6 Å². The molecule has 22 heavy (non-hydrogen) atoms. The van der Waals surface area contributed by atoms with Crippen molar-refractivity contribution in [1.29, 1.82) is 0 Å². The number of nitrogens with zero attached hydrogens (tertiary/aromatic N) is 2. The van der Waals surface area contributed by atoms with Gasteiger partial charge in [0.15, 0.2) is 0 Å². The molecule has 3 aromatic rings. The van der Waals surface area contributed by atoms with Crippen LogP contribution in [-0.4, -0.2) is 41.2 Å². The van der Waals surface area contributed by atoms with Crippen LogP contribution in [0.5, 0.6) is 0 Å². The highest BCUT2D eigenvalue weighted by molar-refractivity contribution is 7.18. The van der Waals surface area contributed by atoms with Crippen molar-refractivity contribution in [1.82, 2.24) is 9.47 Å². The molecule has 0 unspecified atom stereocenters. The van der Waals surface area contributed by atoms with E-state index in [-0.39, 0.29) is 11.1 Å². The molecule has 0 radical (unpaired) electrons. The van der Waals surface area contributed by atoms with Crippen molar-refractivity contribution in [2.24, 2.45) is 0 Å². The number of hydrogen-bond acceptors (Lipinski definition) is 4. The Bertz CT molecular complexity index is 924. The van der Waals surface area contributed by atoms with Crippen LogP contribution in [0, 0.1) is 0 Å². The van der Waals surface area contributed by atoms with E-state index in [4.69, 9.17) is 0 Å². The summed E-state index contributed by atoms with van der Waals surface area (Å²) in [6.45, 7) is 1.24. The molecule has 1 aromatic carbocycles. The highest BCUT2D eigenvalue weighted by Gasteiger charge is 2.14. The van der Waals surface area contributed by atoms with Crippen molar-refractivity contribution in [3.8, 4) is 0 Å². The predicted octanol–water partition coefficient (Wildman–Crippen LogP) is 2.48. The lowest BCUT2D eigenvalue weighted by Gasteiger charge is -2.15. The molecule has 6 heteroatoms. The number of aromatic carboxylic acids is 1. The molecular weight excluding hydrogens is 300 g/mol. The second-order valence-electron chi connectivity index (χ2n) is 5.46. The van der Waals surface area contributed by atoms with Crippen molar-refractivity contribution < 1.29 is 9.90 Å². The van der Waals surface area contributed by atoms with Gasteiger partial charge in [-0.25, -0.2) is 4.79 Å². The largest absolute Gasteiger partial charge is 0.478 e. The number of carbonyl (C=O) groups is 1. The Morgan fingerprint density at radius 1 is 1.27 bits per heavy atom. The standard InChI is InChI=1S/C16H16N2O3S/c1-17(2)6-7-18-13-9-10(16(20)21)3-4-11(13)14-12(15(18)19)5-8-22-14/h3-5,8-9H,6-7H2,1-2H3,(H,20,21). The summed E-state index contributed by atoms with van der Waals surface area (Å²) in [4.78, 5) is 25.9. The summed E-state index contributed by atoms with van der Waals surface area (Å²) in [5, 5.41) is 12.7. The number of carboxylic acids is 1. The monoisotopic (exact) mass is 316 g/mol. The van der Waals surface area contributed by atoms with Gasteiger partial charge in [-0.3, -0.25) is 4.79 Å². The van der Waals surface area contributed by atoms with E-state index in [9.17, 15) is 14.7 Å². The molecule has 3 rings (SSSR count). The number of fused-ring (bicyclic) bond motifs is 3. The molecule has 0 spiro atoms. The van der Waals surface area contributed by atoms with Crippen LogP contribution < -0.4 is 5.56 Å². The van der Waals surface area contributed by atoms with Gasteiger partial charge in [-0.15, -0.1) is 11.3 Å². The van der Waals surface area contributed by atoms with E-state index in [1.807, 2.05) is 30.4 Å². The Balaban J connectivity index is 2.35. The lowest BCUT2D eigenvalue weighted by Crippen LogP contribution is -2.27. The van der Waals surface area contributed by atoms with Gasteiger partial charge in [-0.2, -0.15) is 0 Å². The number of hydrogen-bond donors (Lipinski definition) is 1.